The van der Waals surface area contributed by atoms with Gasteiger partial charge in [0.05, 0.1) is 13.2 Å². The molecule has 0 aliphatic carbocycles. The average Bonchev–Trinajstić information content (AvgIpc) is 2.42. The second-order valence-electron chi connectivity index (χ2n) is 5.89. The van der Waals surface area contributed by atoms with Gasteiger partial charge in [-0.15, -0.1) is 0 Å². The van der Waals surface area contributed by atoms with Gasteiger partial charge in [-0.2, -0.15) is 0 Å². The summed E-state index contributed by atoms with van der Waals surface area (Å²) >= 11 is 0. The molecule has 0 saturated carbocycles. The second-order valence-corrected chi connectivity index (χ2v) is 5.89. The van der Waals surface area contributed by atoms with Gasteiger partial charge in [0.15, 0.2) is 5.78 Å². The summed E-state index contributed by atoms with van der Waals surface area (Å²) in [6, 6.07) is 6.75. The molecule has 0 amide bonds. The van der Waals surface area contributed by atoms with Gasteiger partial charge in [0.2, 0.25) is 6.29 Å². The number of ether oxygens (including phenoxy) is 2. The zero-order chi connectivity index (χ0) is 15.9. The highest BCUT2D eigenvalue weighted by molar-refractivity contribution is 5.96. The Bertz CT molecular complexity index is 437. The first-order valence-corrected chi connectivity index (χ1v) is 7.04. The summed E-state index contributed by atoms with van der Waals surface area (Å²) in [5, 5.41) is 12.9. The Labute approximate surface area is 126 Å². The number of hydrogen-bond acceptors (Lipinski definition) is 5. The van der Waals surface area contributed by atoms with Crippen LogP contribution in [0.25, 0.3) is 0 Å². The predicted molar refractivity (Wildman–Crippen MR) is 81.7 cm³/mol. The molecule has 0 fully saturated rings. The first kappa shape index (κ1) is 17.6. The monoisotopic (exact) mass is 295 g/mol. The third-order valence-corrected chi connectivity index (χ3v) is 2.79. The number of rotatable bonds is 8. The van der Waals surface area contributed by atoms with Gasteiger partial charge in [-0.3, -0.25) is 4.79 Å². The number of carbonyl (C=O) groups is 1. The number of Topliss-reactive ketones (excluding diaryl/α,β-unsaturated/α-hetero) is 1. The van der Waals surface area contributed by atoms with E-state index in [0.717, 1.165) is 0 Å². The molecule has 1 unspecified atom stereocenters. The fourth-order valence-corrected chi connectivity index (χ4v) is 1.65. The summed E-state index contributed by atoms with van der Waals surface area (Å²) in [6.07, 6.45) is -0.575. The highest BCUT2D eigenvalue weighted by Gasteiger charge is 2.13. The lowest BCUT2D eigenvalue weighted by Crippen LogP contribution is -2.42. The summed E-state index contributed by atoms with van der Waals surface area (Å²) in [7, 11) is 1.57. The first-order valence-electron chi connectivity index (χ1n) is 7.04. The molecule has 5 nitrogen and oxygen atoms in total. The van der Waals surface area contributed by atoms with Crippen molar-refractivity contribution in [3.63, 3.8) is 0 Å². The molecule has 0 spiro atoms. The SMILES string of the molecule is COCCC(=O)c1ccc(OC(O)CNC(C)(C)C)cc1. The number of carbonyl (C=O) groups excluding carboxylic acids is 1. The quantitative estimate of drug-likeness (QED) is 0.567. The van der Waals surface area contributed by atoms with Crippen molar-refractivity contribution in [1.82, 2.24) is 5.32 Å². The van der Waals surface area contributed by atoms with E-state index in [-0.39, 0.29) is 11.3 Å². The highest BCUT2D eigenvalue weighted by atomic mass is 16.6. The Morgan fingerprint density at radius 2 is 1.90 bits per heavy atom. The van der Waals surface area contributed by atoms with Crippen LogP contribution < -0.4 is 10.1 Å². The normalized spacial score (nSPS) is 13.0. The van der Waals surface area contributed by atoms with Gasteiger partial charge in [-0.25, -0.2) is 0 Å². The molecular formula is C16H25NO4. The molecule has 2 N–H and O–H groups in total. The van der Waals surface area contributed by atoms with Crippen LogP contribution in [-0.4, -0.2) is 43.0 Å². The number of ketones is 1. The van der Waals surface area contributed by atoms with Gasteiger partial charge in [-0.05, 0) is 45.0 Å². The van der Waals surface area contributed by atoms with Crippen molar-refractivity contribution in [3.8, 4) is 5.75 Å². The molecular weight excluding hydrogens is 270 g/mol. The van der Waals surface area contributed by atoms with Gasteiger partial charge in [-0.1, -0.05) is 0 Å². The van der Waals surface area contributed by atoms with Crippen LogP contribution in [0.2, 0.25) is 0 Å². The van der Waals surface area contributed by atoms with E-state index in [9.17, 15) is 9.90 Å². The smallest absolute Gasteiger partial charge is 0.210 e. The van der Waals surface area contributed by atoms with Crippen molar-refractivity contribution in [2.24, 2.45) is 0 Å². The van der Waals surface area contributed by atoms with Crippen LogP contribution in [0.3, 0.4) is 0 Å². The van der Waals surface area contributed by atoms with Gasteiger partial charge in [0.1, 0.15) is 5.75 Å². The van der Waals surface area contributed by atoms with Gasteiger partial charge in [0, 0.05) is 24.6 Å². The lowest BCUT2D eigenvalue weighted by atomic mass is 10.1. The molecule has 0 aromatic heterocycles. The van der Waals surface area contributed by atoms with Crippen LogP contribution in [0.4, 0.5) is 0 Å². The van der Waals surface area contributed by atoms with Crippen molar-refractivity contribution >= 4 is 5.78 Å². The Morgan fingerprint density at radius 3 is 2.43 bits per heavy atom. The third-order valence-electron chi connectivity index (χ3n) is 2.79. The third kappa shape index (κ3) is 7.22. The summed E-state index contributed by atoms with van der Waals surface area (Å²) in [5.41, 5.74) is 0.531. The minimum Gasteiger partial charge on any atom is -0.464 e. The predicted octanol–water partition coefficient (Wildman–Crippen LogP) is 1.99. The van der Waals surface area contributed by atoms with Crippen LogP contribution in [0.1, 0.15) is 37.6 Å². The molecule has 0 aliphatic heterocycles. The molecule has 1 atom stereocenters. The minimum atomic E-state index is -0.931. The largest absolute Gasteiger partial charge is 0.464 e. The lowest BCUT2D eigenvalue weighted by molar-refractivity contribution is -0.0190. The zero-order valence-corrected chi connectivity index (χ0v) is 13.2. The molecule has 1 aromatic carbocycles. The van der Waals surface area contributed by atoms with Crippen LogP contribution >= 0.6 is 0 Å². The van der Waals surface area contributed by atoms with E-state index in [0.29, 0.717) is 30.9 Å². The average molecular weight is 295 g/mol. The Hall–Kier alpha value is -1.43. The number of nitrogens with one attached hydrogen (secondary N) is 1. The molecule has 0 saturated heterocycles. The van der Waals surface area contributed by atoms with E-state index in [4.69, 9.17) is 9.47 Å². The highest BCUT2D eigenvalue weighted by Crippen LogP contribution is 2.14. The van der Waals surface area contributed by atoms with Crippen molar-refractivity contribution in [1.29, 1.82) is 0 Å². The summed E-state index contributed by atoms with van der Waals surface area (Å²) < 4.78 is 10.3. The van der Waals surface area contributed by atoms with Gasteiger partial charge >= 0.3 is 0 Å². The van der Waals surface area contributed by atoms with Crippen LogP contribution in [0.5, 0.6) is 5.75 Å². The van der Waals surface area contributed by atoms with E-state index < -0.39 is 6.29 Å². The Morgan fingerprint density at radius 1 is 1.29 bits per heavy atom. The fourth-order valence-electron chi connectivity index (χ4n) is 1.65. The molecule has 5 heteroatoms. The molecule has 0 bridgehead atoms. The summed E-state index contributed by atoms with van der Waals surface area (Å²) in [5.74, 6) is 0.555. The molecule has 118 valence electrons. The van der Waals surface area contributed by atoms with E-state index in [2.05, 4.69) is 5.32 Å². The molecule has 0 radical (unpaired) electrons. The lowest BCUT2D eigenvalue weighted by Gasteiger charge is -2.23. The number of β-amino-alcohol motifs (C(OH)–C–C–N with tert-alkyl or cyclic N) is 1. The number of aliphatic hydroxyl groups is 1. The molecule has 0 heterocycles. The molecule has 21 heavy (non-hydrogen) atoms. The maximum atomic E-state index is 11.8. The first-order chi connectivity index (χ1) is 9.81. The van der Waals surface area contributed by atoms with E-state index >= 15 is 0 Å². The Balaban J connectivity index is 2.48. The number of hydrogen-bond donors (Lipinski definition) is 2. The number of benzene rings is 1. The summed E-state index contributed by atoms with van der Waals surface area (Å²) in [4.78, 5) is 11.8. The van der Waals surface area contributed by atoms with Crippen molar-refractivity contribution in [3.05, 3.63) is 29.8 Å². The molecule has 0 aliphatic rings. The Kier molecular flexibility index (Phi) is 6.81. The van der Waals surface area contributed by atoms with Gasteiger partial charge in [0.25, 0.3) is 0 Å². The van der Waals surface area contributed by atoms with Crippen LogP contribution in [-0.2, 0) is 4.74 Å². The van der Waals surface area contributed by atoms with Crippen LogP contribution in [0.15, 0.2) is 24.3 Å². The fraction of sp³-hybridized carbons (Fsp3) is 0.562. The van der Waals surface area contributed by atoms with E-state index in [1.165, 1.54) is 0 Å². The van der Waals surface area contributed by atoms with Crippen molar-refractivity contribution < 1.29 is 19.4 Å². The number of aliphatic hydroxyl groups excluding tert-OH is 1. The van der Waals surface area contributed by atoms with Crippen molar-refractivity contribution in [2.75, 3.05) is 20.3 Å². The second kappa shape index (κ2) is 8.12. The maximum absolute atomic E-state index is 11.8. The molecule has 1 aromatic rings. The summed E-state index contributed by atoms with van der Waals surface area (Å²) in [6.45, 7) is 6.78. The zero-order valence-electron chi connectivity index (χ0n) is 13.2. The topological polar surface area (TPSA) is 67.8 Å². The van der Waals surface area contributed by atoms with Gasteiger partial charge < -0.3 is 19.9 Å². The van der Waals surface area contributed by atoms with Crippen LogP contribution in [0, 0.1) is 0 Å². The van der Waals surface area contributed by atoms with E-state index in [1.807, 2.05) is 20.8 Å². The maximum Gasteiger partial charge on any atom is 0.210 e. The van der Waals surface area contributed by atoms with Crippen molar-refractivity contribution in [2.45, 2.75) is 39.0 Å². The minimum absolute atomic E-state index is 0.0262. The number of methoxy groups -OCH3 is 1. The molecule has 1 rings (SSSR count). The standard InChI is InChI=1S/C16H25NO4/c1-16(2,3)17-11-15(19)21-13-7-5-12(6-8-13)14(18)9-10-20-4/h5-8,15,17,19H,9-11H2,1-4H3. The van der Waals surface area contributed by atoms with E-state index in [1.54, 1.807) is 31.4 Å².